The Balaban J connectivity index is 1.14. The zero-order chi connectivity index (χ0) is 47.7. The average molecular weight is 944 g/mol. The normalized spacial score (nSPS) is 33.8. The number of ether oxygens (including phenoxy) is 3. The number of hydrogen-bond acceptors (Lipinski definition) is 12. The van der Waals surface area contributed by atoms with E-state index in [9.17, 15) is 43.8 Å². The predicted octanol–water partition coefficient (Wildman–Crippen LogP) is 5.58. The van der Waals surface area contributed by atoms with E-state index in [1.165, 1.54) is 40.4 Å². The number of aliphatic carboxylic acids is 1. The number of carbonyl (C=O) groups is 7. The summed E-state index contributed by atoms with van der Waals surface area (Å²) < 4.78 is 18.1. The fraction of sp³-hybridized carbons (Fsp3) is 0.638. The van der Waals surface area contributed by atoms with Crippen LogP contribution in [0.5, 0.6) is 0 Å². The number of carbonyl (C=O) groups excluding carboxylic acids is 6. The summed E-state index contributed by atoms with van der Waals surface area (Å²) in [5.74, 6) is -4.19. The summed E-state index contributed by atoms with van der Waals surface area (Å²) in [6.07, 6.45) is 4.66. The number of imide groups is 1. The number of hydrogen-bond donors (Lipinski definition) is 3. The number of carboxylic acid groups (broad SMARTS) is 1. The van der Waals surface area contributed by atoms with Crippen molar-refractivity contribution in [2.75, 3.05) is 31.3 Å². The summed E-state index contributed by atoms with van der Waals surface area (Å²) >= 11 is 8.02. The van der Waals surface area contributed by atoms with Gasteiger partial charge in [0.25, 0.3) is 0 Å². The SMILES string of the molecule is C/C1=C\C=C\[C@@H](C)[C@@]2(O)CC(OC(=O)N2)[C@@H](C)C2O[C@@]2(C)[C@@H](OC(=O)[C@H](C)N(C)C(=O)CCSC2CC(=O)N(C[C@H]3CC[C@H](C(=O)O)CC3)C2=O)CC(=O)N(C)c2cc(cc(C)c2Cl)C1. The third-order valence-corrected chi connectivity index (χ3v) is 15.8. The molecule has 356 valence electrons. The number of thioether (sulfide) groups is 1. The molecule has 4 bridgehead atoms. The number of fused-ring (bicyclic) bond motifs is 5. The van der Waals surface area contributed by atoms with Gasteiger partial charge in [0.05, 0.1) is 34.4 Å². The second-order valence-electron chi connectivity index (χ2n) is 18.9. The maximum Gasteiger partial charge on any atom is 0.409 e. The number of allylic oxidation sites excluding steroid dienone is 3. The number of alkyl carbamates (subject to hydrolysis) is 1. The van der Waals surface area contributed by atoms with Crippen molar-refractivity contribution in [1.82, 2.24) is 15.1 Å². The maximum absolute atomic E-state index is 14.3. The van der Waals surface area contributed by atoms with Crippen LogP contribution in [0.3, 0.4) is 0 Å². The number of nitrogens with one attached hydrogen (secondary N) is 1. The van der Waals surface area contributed by atoms with E-state index in [0.29, 0.717) is 42.8 Å². The monoisotopic (exact) mass is 942 g/mol. The molecule has 6 rings (SSSR count). The van der Waals surface area contributed by atoms with Crippen LogP contribution >= 0.6 is 23.4 Å². The lowest BCUT2D eigenvalue weighted by molar-refractivity contribution is -0.162. The van der Waals surface area contributed by atoms with Crippen LogP contribution in [0.25, 0.3) is 0 Å². The third kappa shape index (κ3) is 11.2. The zero-order valence-corrected chi connectivity index (χ0v) is 40.0. The number of carboxylic acids is 1. The van der Waals surface area contributed by atoms with Gasteiger partial charge in [-0.25, -0.2) is 9.59 Å². The largest absolute Gasteiger partial charge is 0.481 e. The first-order chi connectivity index (χ1) is 30.5. The molecule has 3 N–H and O–H groups in total. The molecule has 1 aliphatic carbocycles. The van der Waals surface area contributed by atoms with Crippen molar-refractivity contribution in [2.45, 2.75) is 140 Å². The van der Waals surface area contributed by atoms with Gasteiger partial charge in [-0.05, 0) is 82.9 Å². The van der Waals surface area contributed by atoms with Crippen LogP contribution in [0.1, 0.15) is 97.1 Å². The van der Waals surface area contributed by atoms with E-state index < -0.39 is 88.5 Å². The van der Waals surface area contributed by atoms with Crippen LogP contribution in [0, 0.1) is 30.6 Å². The number of epoxide rings is 1. The molecule has 9 atom stereocenters. The number of benzene rings is 1. The fourth-order valence-electron chi connectivity index (χ4n) is 9.45. The van der Waals surface area contributed by atoms with Gasteiger partial charge in [-0.1, -0.05) is 55.3 Å². The van der Waals surface area contributed by atoms with Gasteiger partial charge in [0.15, 0.2) is 0 Å². The number of anilines is 1. The number of likely N-dealkylation sites (N-methyl/N-ethyl adjacent to an activating group) is 1. The smallest absolute Gasteiger partial charge is 0.409 e. The van der Waals surface area contributed by atoms with Gasteiger partial charge in [-0.3, -0.25) is 34.2 Å². The molecule has 0 spiro atoms. The molecule has 1 aromatic rings. The molecular formula is C47H63ClN4O12S. The predicted molar refractivity (Wildman–Crippen MR) is 243 cm³/mol. The number of amides is 5. The van der Waals surface area contributed by atoms with Crippen LogP contribution < -0.4 is 10.2 Å². The van der Waals surface area contributed by atoms with E-state index in [2.05, 4.69) is 5.32 Å². The van der Waals surface area contributed by atoms with Crippen molar-refractivity contribution in [3.05, 3.63) is 52.1 Å². The van der Waals surface area contributed by atoms with Crippen LogP contribution in [0.2, 0.25) is 5.02 Å². The molecule has 5 aliphatic rings. The minimum atomic E-state index is -1.64. The van der Waals surface area contributed by atoms with Crippen molar-refractivity contribution in [3.8, 4) is 0 Å². The number of esters is 1. The first-order valence-electron chi connectivity index (χ1n) is 22.5. The van der Waals surface area contributed by atoms with Crippen LogP contribution in [0.15, 0.2) is 35.9 Å². The topological polar surface area (TPSA) is 213 Å². The summed E-state index contributed by atoms with van der Waals surface area (Å²) in [5.41, 5.74) is 0.247. The summed E-state index contributed by atoms with van der Waals surface area (Å²) in [6, 6.07) is 2.70. The molecule has 1 saturated carbocycles. The quantitative estimate of drug-likeness (QED) is 0.149. The van der Waals surface area contributed by atoms with E-state index >= 15 is 0 Å². The van der Waals surface area contributed by atoms with Gasteiger partial charge in [0.2, 0.25) is 23.6 Å². The highest BCUT2D eigenvalue weighted by Crippen LogP contribution is 2.49. The molecular weight excluding hydrogens is 880 g/mol. The highest BCUT2D eigenvalue weighted by atomic mass is 35.5. The number of nitrogens with zero attached hydrogens (tertiary/aromatic N) is 3. The first-order valence-corrected chi connectivity index (χ1v) is 23.9. The Kier molecular flexibility index (Phi) is 15.5. The van der Waals surface area contributed by atoms with Gasteiger partial charge >= 0.3 is 18.0 Å². The Morgan fingerprint density at radius 3 is 2.45 bits per heavy atom. The van der Waals surface area contributed by atoms with Crippen molar-refractivity contribution in [2.24, 2.45) is 23.7 Å². The standard InChI is InChI=1S/C47H63ClN4O12S/c1-25-10-9-11-27(3)47(61)23-34(62-45(60)49-47)28(4)41-46(6,64-41)36(22-38(54)51(8)33-20-31(18-25)19-26(2)40(33)48)63-44(59)29(5)50(7)37(53)16-17-65-35-21-39(55)52(42(35)56)24-30-12-14-32(15-13-30)43(57)58/h9-11,19-20,27-30,32,34-36,41,61H,12-18,21-24H2,1-8H3,(H,49,60)(H,57,58)/b11-9+,25-10+/t27-,28-,29+,30-,32-,34?,35?,36+,41?,46+,47+/m1/s1. The second-order valence-corrected chi connectivity index (χ2v) is 20.6. The summed E-state index contributed by atoms with van der Waals surface area (Å²) in [4.78, 5) is 96.0. The lowest BCUT2D eigenvalue weighted by Crippen LogP contribution is -2.60. The molecule has 5 amide bonds. The van der Waals surface area contributed by atoms with Crippen molar-refractivity contribution < 1.29 is 58.0 Å². The van der Waals surface area contributed by atoms with Gasteiger partial charge in [-0.15, -0.1) is 11.8 Å². The van der Waals surface area contributed by atoms with E-state index in [-0.39, 0.29) is 55.7 Å². The Labute approximate surface area is 389 Å². The molecule has 4 fully saturated rings. The average Bonchev–Trinajstić information content (AvgIpc) is 3.88. The van der Waals surface area contributed by atoms with Crippen LogP contribution in [-0.2, 0) is 49.4 Å². The van der Waals surface area contributed by atoms with Gasteiger partial charge < -0.3 is 34.2 Å². The van der Waals surface area contributed by atoms with Crippen molar-refractivity contribution >= 4 is 70.7 Å². The van der Waals surface area contributed by atoms with E-state index in [1.807, 2.05) is 51.1 Å². The van der Waals surface area contributed by atoms with Crippen molar-refractivity contribution in [1.29, 1.82) is 0 Å². The maximum atomic E-state index is 14.3. The molecule has 4 heterocycles. The number of halogens is 1. The lowest BCUT2D eigenvalue weighted by Gasteiger charge is -2.41. The number of likely N-dealkylation sites (tertiary alicyclic amines) is 1. The Hall–Kier alpha value is -4.45. The number of aryl methyl sites for hydroxylation is 1. The van der Waals surface area contributed by atoms with Gasteiger partial charge in [0.1, 0.15) is 29.6 Å². The van der Waals surface area contributed by atoms with Gasteiger partial charge in [-0.2, -0.15) is 0 Å². The van der Waals surface area contributed by atoms with E-state index in [4.69, 9.17) is 25.8 Å². The molecule has 3 unspecified atom stereocenters. The molecule has 4 aliphatic heterocycles. The minimum Gasteiger partial charge on any atom is -0.481 e. The molecule has 3 saturated heterocycles. The van der Waals surface area contributed by atoms with E-state index in [0.717, 1.165) is 16.7 Å². The molecule has 16 nitrogen and oxygen atoms in total. The van der Waals surface area contributed by atoms with E-state index in [1.54, 1.807) is 20.9 Å². The molecule has 0 aromatic heterocycles. The number of aliphatic hydroxyl groups is 1. The summed E-state index contributed by atoms with van der Waals surface area (Å²) in [7, 11) is 3.06. The Morgan fingerprint density at radius 1 is 1.08 bits per heavy atom. The van der Waals surface area contributed by atoms with Crippen molar-refractivity contribution in [3.63, 3.8) is 0 Å². The van der Waals surface area contributed by atoms with Crippen LogP contribution in [0.4, 0.5) is 10.5 Å². The zero-order valence-electron chi connectivity index (χ0n) is 38.5. The summed E-state index contributed by atoms with van der Waals surface area (Å²) in [6.45, 7) is 10.9. The molecule has 18 heteroatoms. The Morgan fingerprint density at radius 2 is 1.77 bits per heavy atom. The first kappa shape index (κ1) is 50.0. The van der Waals surface area contributed by atoms with Crippen LogP contribution in [-0.4, -0.2) is 129 Å². The third-order valence-electron chi connectivity index (χ3n) is 14.1. The molecule has 65 heavy (non-hydrogen) atoms. The lowest BCUT2D eigenvalue weighted by atomic mass is 9.82. The second kappa shape index (κ2) is 20.2. The number of rotatable bonds is 10. The fourth-order valence-corrected chi connectivity index (χ4v) is 10.8. The highest BCUT2D eigenvalue weighted by Gasteiger charge is 2.64. The molecule has 1 aromatic carbocycles. The Bertz CT molecular complexity index is 2130. The summed E-state index contributed by atoms with van der Waals surface area (Å²) in [5, 5.41) is 23.4. The minimum absolute atomic E-state index is 0.0160. The molecule has 0 radical (unpaired) electrons. The highest BCUT2D eigenvalue weighted by molar-refractivity contribution is 8.00. The van der Waals surface area contributed by atoms with Gasteiger partial charge in [0, 0.05) is 57.5 Å².